The van der Waals surface area contributed by atoms with Crippen LogP contribution in [0.1, 0.15) is 39.3 Å². The zero-order valence-corrected chi connectivity index (χ0v) is 24.9. The molecule has 6 rings (SSSR count). The van der Waals surface area contributed by atoms with Crippen LogP contribution >= 0.6 is 23.2 Å². The highest BCUT2D eigenvalue weighted by atomic mass is 35.5. The zero-order valence-electron chi connectivity index (χ0n) is 23.4. The lowest BCUT2D eigenvalue weighted by Gasteiger charge is -2.21. The molecule has 0 aliphatic carbocycles. The van der Waals surface area contributed by atoms with E-state index in [1.165, 1.54) is 0 Å². The molecule has 2 heterocycles. The van der Waals surface area contributed by atoms with Crippen LogP contribution in [-0.4, -0.2) is 20.4 Å². The monoisotopic (exact) mass is 610 g/mol. The van der Waals surface area contributed by atoms with E-state index in [-0.39, 0.29) is 17.7 Å². The van der Waals surface area contributed by atoms with Gasteiger partial charge in [0.1, 0.15) is 12.4 Å². The molecule has 9 heteroatoms. The maximum absolute atomic E-state index is 13.7. The Bertz CT molecular complexity index is 1920. The SMILES string of the molecule is Cc1ccc(-c2[nH][nH]c(=O)c2C(c2ccccc2OCc2ccc(Cl)cc2Cl)c2c(-c3ccc(C)cc3)[nH][nH]c2=O)cc1. The van der Waals surface area contributed by atoms with Crippen molar-refractivity contribution >= 4 is 23.2 Å². The molecule has 0 saturated carbocycles. The third-order valence-corrected chi connectivity index (χ3v) is 8.10. The smallest absolute Gasteiger partial charge is 0.268 e. The van der Waals surface area contributed by atoms with Gasteiger partial charge in [0.15, 0.2) is 0 Å². The number of rotatable bonds is 8. The summed E-state index contributed by atoms with van der Waals surface area (Å²) in [6.45, 7) is 4.16. The van der Waals surface area contributed by atoms with Crippen LogP contribution in [0.2, 0.25) is 10.0 Å². The second kappa shape index (κ2) is 11.9. The van der Waals surface area contributed by atoms with Crippen molar-refractivity contribution in [1.29, 1.82) is 0 Å². The fraction of sp³-hybridized carbons (Fsp3) is 0.118. The van der Waals surface area contributed by atoms with Crippen LogP contribution in [0, 0.1) is 13.8 Å². The van der Waals surface area contributed by atoms with Crippen LogP contribution in [-0.2, 0) is 6.61 Å². The Hall–Kier alpha value is -4.72. The normalized spacial score (nSPS) is 11.3. The summed E-state index contributed by atoms with van der Waals surface area (Å²) in [5.74, 6) is -0.307. The average Bonchev–Trinajstić information content (AvgIpc) is 3.57. The number of nitrogens with one attached hydrogen (secondary N) is 4. The standard InChI is InChI=1S/C34H28Cl2N4O3/c1-19-7-11-21(12-8-19)31-29(33(41)39-37-31)28(30-32(38-40-34(30)42)22-13-9-20(2)10-14-22)25-5-3-4-6-27(25)43-18-23-15-16-24(35)17-26(23)36/h3-17,28H,18H2,1-2H3,(H2,37,39,41)(H2,38,40,42). The topological polar surface area (TPSA) is 107 Å². The Labute approximate surface area is 257 Å². The first-order valence-corrected chi connectivity index (χ1v) is 14.5. The fourth-order valence-corrected chi connectivity index (χ4v) is 5.74. The van der Waals surface area contributed by atoms with E-state index in [1.54, 1.807) is 12.1 Å². The minimum Gasteiger partial charge on any atom is -0.489 e. The van der Waals surface area contributed by atoms with E-state index in [4.69, 9.17) is 27.9 Å². The second-order valence-electron chi connectivity index (χ2n) is 10.5. The molecule has 0 radical (unpaired) electrons. The molecule has 216 valence electrons. The average molecular weight is 612 g/mol. The van der Waals surface area contributed by atoms with Gasteiger partial charge in [-0.1, -0.05) is 107 Å². The van der Waals surface area contributed by atoms with Gasteiger partial charge in [-0.2, -0.15) is 0 Å². The predicted molar refractivity (Wildman–Crippen MR) is 171 cm³/mol. The first-order chi connectivity index (χ1) is 20.8. The van der Waals surface area contributed by atoms with E-state index in [0.717, 1.165) is 27.8 Å². The third-order valence-electron chi connectivity index (χ3n) is 7.52. The minimum absolute atomic E-state index is 0.155. The summed E-state index contributed by atoms with van der Waals surface area (Å²) in [5, 5.41) is 12.7. The van der Waals surface area contributed by atoms with Crippen molar-refractivity contribution in [2.45, 2.75) is 26.4 Å². The molecule has 0 bridgehead atoms. The van der Waals surface area contributed by atoms with Gasteiger partial charge >= 0.3 is 0 Å². The van der Waals surface area contributed by atoms with E-state index in [9.17, 15) is 9.59 Å². The largest absolute Gasteiger partial charge is 0.489 e. The summed E-state index contributed by atoms with van der Waals surface area (Å²) in [4.78, 5) is 27.4. The van der Waals surface area contributed by atoms with Gasteiger partial charge in [0, 0.05) is 21.2 Å². The number of halogens is 2. The van der Waals surface area contributed by atoms with Gasteiger partial charge in [0.25, 0.3) is 11.1 Å². The summed E-state index contributed by atoms with van der Waals surface area (Å²) in [5.41, 5.74) is 6.44. The lowest BCUT2D eigenvalue weighted by Crippen LogP contribution is -2.20. The van der Waals surface area contributed by atoms with Gasteiger partial charge in [0.05, 0.1) is 28.4 Å². The summed E-state index contributed by atoms with van der Waals surface area (Å²) in [6.07, 6.45) is 0. The Morgan fingerprint density at radius 2 is 1.21 bits per heavy atom. The first kappa shape index (κ1) is 28.4. The Morgan fingerprint density at radius 1 is 0.674 bits per heavy atom. The molecular weight excluding hydrogens is 583 g/mol. The molecule has 0 unspecified atom stereocenters. The highest BCUT2D eigenvalue weighted by Gasteiger charge is 2.33. The highest BCUT2D eigenvalue weighted by Crippen LogP contribution is 2.41. The molecule has 0 saturated heterocycles. The zero-order chi connectivity index (χ0) is 30.1. The lowest BCUT2D eigenvalue weighted by atomic mass is 9.82. The molecule has 4 aromatic carbocycles. The molecule has 43 heavy (non-hydrogen) atoms. The number of hydrogen-bond donors (Lipinski definition) is 4. The summed E-state index contributed by atoms with van der Waals surface area (Å²) in [7, 11) is 0. The predicted octanol–water partition coefficient (Wildman–Crippen LogP) is 7.74. The van der Waals surface area contributed by atoms with Gasteiger partial charge in [-0.15, -0.1) is 0 Å². The van der Waals surface area contributed by atoms with Crippen LogP contribution in [0.25, 0.3) is 22.5 Å². The van der Waals surface area contributed by atoms with Gasteiger partial charge in [-0.05, 0) is 43.2 Å². The van der Waals surface area contributed by atoms with E-state index in [2.05, 4.69) is 20.4 Å². The molecule has 0 aliphatic rings. The van der Waals surface area contributed by atoms with E-state index in [1.807, 2.05) is 92.7 Å². The van der Waals surface area contributed by atoms with Crippen molar-refractivity contribution < 1.29 is 4.74 Å². The van der Waals surface area contributed by atoms with Crippen molar-refractivity contribution in [1.82, 2.24) is 20.4 Å². The van der Waals surface area contributed by atoms with Gasteiger partial charge in [0.2, 0.25) is 0 Å². The summed E-state index contributed by atoms with van der Waals surface area (Å²) < 4.78 is 6.35. The molecule has 0 fully saturated rings. The van der Waals surface area contributed by atoms with Crippen LogP contribution in [0.5, 0.6) is 5.75 Å². The van der Waals surface area contributed by atoms with Gasteiger partial charge in [-0.3, -0.25) is 30.0 Å². The number of aromatic amines is 4. The number of H-pyrrole nitrogens is 4. The van der Waals surface area contributed by atoms with Gasteiger partial charge in [-0.25, -0.2) is 0 Å². The maximum Gasteiger partial charge on any atom is 0.268 e. The lowest BCUT2D eigenvalue weighted by molar-refractivity contribution is 0.302. The minimum atomic E-state index is -0.811. The molecule has 0 spiro atoms. The maximum atomic E-state index is 13.7. The van der Waals surface area contributed by atoms with Gasteiger partial charge < -0.3 is 4.74 Å². The Morgan fingerprint density at radius 3 is 1.74 bits per heavy atom. The first-order valence-electron chi connectivity index (χ1n) is 13.7. The number of aryl methyl sites for hydroxylation is 2. The highest BCUT2D eigenvalue weighted by molar-refractivity contribution is 6.35. The Balaban J connectivity index is 1.56. The van der Waals surface area contributed by atoms with Crippen LogP contribution < -0.4 is 15.9 Å². The van der Waals surface area contributed by atoms with Crippen molar-refractivity contribution in [3.05, 3.63) is 155 Å². The van der Waals surface area contributed by atoms with E-state index in [0.29, 0.717) is 43.9 Å². The van der Waals surface area contributed by atoms with E-state index < -0.39 is 5.92 Å². The molecule has 6 aromatic rings. The molecule has 7 nitrogen and oxygen atoms in total. The van der Waals surface area contributed by atoms with Crippen molar-refractivity contribution in [2.24, 2.45) is 0 Å². The molecule has 0 aliphatic heterocycles. The molecule has 2 aromatic heterocycles. The van der Waals surface area contributed by atoms with Crippen LogP contribution in [0.3, 0.4) is 0 Å². The molecule has 0 amide bonds. The summed E-state index contributed by atoms with van der Waals surface area (Å²) in [6, 6.07) is 28.3. The second-order valence-corrected chi connectivity index (χ2v) is 11.3. The Kier molecular flexibility index (Phi) is 7.84. The molecule has 0 atom stereocenters. The molecule has 4 N–H and O–H groups in total. The fourth-order valence-electron chi connectivity index (χ4n) is 5.28. The van der Waals surface area contributed by atoms with Crippen LogP contribution in [0.15, 0.2) is 101 Å². The number of aromatic nitrogens is 4. The number of benzene rings is 4. The quantitative estimate of drug-likeness (QED) is 0.142. The van der Waals surface area contributed by atoms with Crippen molar-refractivity contribution in [3.8, 4) is 28.3 Å². The third kappa shape index (κ3) is 5.69. The number of hydrogen-bond acceptors (Lipinski definition) is 3. The van der Waals surface area contributed by atoms with Crippen molar-refractivity contribution in [2.75, 3.05) is 0 Å². The summed E-state index contributed by atoms with van der Waals surface area (Å²) >= 11 is 12.5. The number of ether oxygens (including phenoxy) is 1. The molecular formula is C34H28Cl2N4O3. The number of para-hydroxylation sites is 1. The van der Waals surface area contributed by atoms with Crippen LogP contribution in [0.4, 0.5) is 0 Å². The van der Waals surface area contributed by atoms with E-state index >= 15 is 0 Å². The van der Waals surface area contributed by atoms with Crippen molar-refractivity contribution in [3.63, 3.8) is 0 Å².